The summed E-state index contributed by atoms with van der Waals surface area (Å²) in [6.07, 6.45) is 0. The van der Waals surface area contributed by atoms with Crippen molar-refractivity contribution in [3.63, 3.8) is 0 Å². The molecule has 4 N–H and O–H groups in total. The Morgan fingerprint density at radius 2 is 2.06 bits per heavy atom. The summed E-state index contributed by atoms with van der Waals surface area (Å²) in [6.45, 7) is 0.354. The molecule has 0 saturated heterocycles. The Morgan fingerprint density at radius 1 is 1.22 bits per heavy atom. The van der Waals surface area contributed by atoms with Crippen molar-refractivity contribution in [1.29, 1.82) is 0 Å². The zero-order valence-corrected chi connectivity index (χ0v) is 9.84. The molecule has 0 saturated carbocycles. The predicted molar refractivity (Wildman–Crippen MR) is 68.7 cm³/mol. The van der Waals surface area contributed by atoms with Gasteiger partial charge in [-0.05, 0) is 29.8 Å². The fourth-order valence-electron chi connectivity index (χ4n) is 1.53. The average Bonchev–Trinajstić information content (AvgIpc) is 2.45. The van der Waals surface area contributed by atoms with Gasteiger partial charge in [-0.15, -0.1) is 0 Å². The van der Waals surface area contributed by atoms with Gasteiger partial charge < -0.3 is 15.3 Å². The first-order valence-electron chi connectivity index (χ1n) is 5.57. The molecule has 2 rings (SSSR count). The van der Waals surface area contributed by atoms with Gasteiger partial charge in [-0.3, -0.25) is 0 Å². The molecule has 0 unspecified atom stereocenters. The highest BCUT2D eigenvalue weighted by atomic mass is 16.5. The van der Waals surface area contributed by atoms with Gasteiger partial charge in [0.25, 0.3) is 0 Å². The molecule has 0 spiro atoms. The number of aliphatic hydroxyl groups is 1. The van der Waals surface area contributed by atoms with E-state index in [1.807, 2.05) is 30.3 Å². The Kier molecular flexibility index (Phi) is 4.11. The molecule has 0 aliphatic carbocycles. The van der Waals surface area contributed by atoms with Crippen molar-refractivity contribution in [1.82, 2.24) is 4.98 Å². The molecule has 0 bridgehead atoms. The van der Waals surface area contributed by atoms with Gasteiger partial charge in [0.1, 0.15) is 18.2 Å². The number of hydrogen-bond acceptors (Lipinski definition) is 5. The number of aliphatic hydroxyl groups excluding tert-OH is 1. The minimum Gasteiger partial charge on any atom is -0.487 e. The highest BCUT2D eigenvalue weighted by Crippen LogP contribution is 2.15. The van der Waals surface area contributed by atoms with E-state index >= 15 is 0 Å². The first kappa shape index (κ1) is 12.3. The normalized spacial score (nSPS) is 10.1. The molecular weight excluding hydrogens is 230 g/mol. The van der Waals surface area contributed by atoms with E-state index in [4.69, 9.17) is 15.7 Å². The zero-order chi connectivity index (χ0) is 12.8. The maximum Gasteiger partial charge on any atom is 0.140 e. The van der Waals surface area contributed by atoms with E-state index in [-0.39, 0.29) is 6.61 Å². The van der Waals surface area contributed by atoms with Crippen LogP contribution in [-0.4, -0.2) is 10.1 Å². The van der Waals surface area contributed by atoms with Crippen molar-refractivity contribution < 1.29 is 9.84 Å². The third kappa shape index (κ3) is 3.19. The van der Waals surface area contributed by atoms with Gasteiger partial charge in [-0.2, -0.15) is 0 Å². The molecule has 0 radical (unpaired) electrons. The van der Waals surface area contributed by atoms with E-state index in [1.165, 1.54) is 0 Å². The number of hydrogen-bond donors (Lipinski definition) is 3. The van der Waals surface area contributed by atoms with Crippen LogP contribution in [-0.2, 0) is 13.2 Å². The van der Waals surface area contributed by atoms with Crippen molar-refractivity contribution in [2.45, 2.75) is 13.2 Å². The molecule has 0 amide bonds. The minimum absolute atomic E-state index is 0.00201. The second-order valence-corrected chi connectivity index (χ2v) is 3.75. The largest absolute Gasteiger partial charge is 0.487 e. The first-order valence-corrected chi connectivity index (χ1v) is 5.57. The number of aromatic nitrogens is 1. The fourth-order valence-corrected chi connectivity index (χ4v) is 1.53. The number of hydrazine groups is 1. The molecule has 2 aromatic rings. The molecule has 1 aromatic carbocycles. The van der Waals surface area contributed by atoms with Gasteiger partial charge in [0.2, 0.25) is 0 Å². The maximum atomic E-state index is 9.03. The number of ether oxygens (including phenoxy) is 1. The van der Waals surface area contributed by atoms with E-state index < -0.39 is 0 Å². The molecule has 0 aliphatic rings. The lowest BCUT2D eigenvalue weighted by molar-refractivity contribution is 0.277. The maximum absolute atomic E-state index is 9.03. The van der Waals surface area contributed by atoms with Crippen LogP contribution in [0.2, 0.25) is 0 Å². The highest BCUT2D eigenvalue weighted by Gasteiger charge is 1.99. The quantitative estimate of drug-likeness (QED) is 0.548. The molecule has 18 heavy (non-hydrogen) atoms. The van der Waals surface area contributed by atoms with Crippen LogP contribution in [0.25, 0.3) is 0 Å². The number of nitrogen functional groups attached to an aromatic ring is 1. The topological polar surface area (TPSA) is 80.4 Å². The van der Waals surface area contributed by atoms with Crippen LogP contribution in [0.1, 0.15) is 11.3 Å². The Morgan fingerprint density at radius 3 is 2.83 bits per heavy atom. The Labute approximate surface area is 105 Å². The van der Waals surface area contributed by atoms with E-state index in [2.05, 4.69) is 10.4 Å². The van der Waals surface area contributed by atoms with Crippen molar-refractivity contribution in [3.8, 4) is 5.75 Å². The van der Waals surface area contributed by atoms with Crippen LogP contribution < -0.4 is 16.0 Å². The summed E-state index contributed by atoms with van der Waals surface area (Å²) in [4.78, 5) is 4.24. The first-order chi connectivity index (χ1) is 8.81. The average molecular weight is 245 g/mol. The highest BCUT2D eigenvalue weighted by molar-refractivity contribution is 5.33. The van der Waals surface area contributed by atoms with Crippen molar-refractivity contribution in [3.05, 3.63) is 53.7 Å². The number of nitrogens with one attached hydrogen (secondary N) is 1. The molecule has 0 aliphatic heterocycles. The summed E-state index contributed by atoms with van der Waals surface area (Å²) in [6, 6.07) is 12.8. The Bertz CT molecular complexity index is 470. The molecular formula is C13H15N3O2. The molecule has 1 aromatic heterocycles. The second-order valence-electron chi connectivity index (χ2n) is 3.75. The van der Waals surface area contributed by atoms with Gasteiger partial charge in [0, 0.05) is 0 Å². The van der Waals surface area contributed by atoms with Crippen LogP contribution in [0.15, 0.2) is 42.5 Å². The fraction of sp³-hybridized carbons (Fsp3) is 0.154. The van der Waals surface area contributed by atoms with E-state index in [1.54, 1.807) is 12.1 Å². The van der Waals surface area contributed by atoms with Crippen molar-refractivity contribution >= 4 is 5.82 Å². The summed E-state index contributed by atoms with van der Waals surface area (Å²) in [7, 11) is 0. The lowest BCUT2D eigenvalue weighted by Gasteiger charge is -2.07. The SMILES string of the molecule is NNc1cccc(COc2cccc(CO)c2)n1. The molecule has 5 heteroatoms. The molecule has 94 valence electrons. The van der Waals surface area contributed by atoms with E-state index in [0.717, 1.165) is 11.3 Å². The van der Waals surface area contributed by atoms with Gasteiger partial charge in [0.05, 0.1) is 12.3 Å². The van der Waals surface area contributed by atoms with Crippen molar-refractivity contribution in [2.75, 3.05) is 5.43 Å². The number of pyridine rings is 1. The summed E-state index contributed by atoms with van der Waals surface area (Å²) in [5, 5.41) is 9.03. The summed E-state index contributed by atoms with van der Waals surface area (Å²) in [5.41, 5.74) is 4.08. The number of rotatable bonds is 5. The number of benzene rings is 1. The summed E-state index contributed by atoms with van der Waals surface area (Å²) in [5.74, 6) is 6.58. The van der Waals surface area contributed by atoms with Gasteiger partial charge in [-0.25, -0.2) is 10.8 Å². The van der Waals surface area contributed by atoms with Crippen molar-refractivity contribution in [2.24, 2.45) is 5.84 Å². The molecule has 1 heterocycles. The van der Waals surface area contributed by atoms with Crippen LogP contribution in [0.3, 0.4) is 0 Å². The lowest BCUT2D eigenvalue weighted by Crippen LogP contribution is -2.09. The third-order valence-electron chi connectivity index (χ3n) is 2.42. The Hall–Kier alpha value is -2.11. The van der Waals surface area contributed by atoms with Crippen LogP contribution in [0.4, 0.5) is 5.82 Å². The lowest BCUT2D eigenvalue weighted by atomic mass is 10.2. The smallest absolute Gasteiger partial charge is 0.140 e. The van der Waals surface area contributed by atoms with Gasteiger partial charge >= 0.3 is 0 Å². The van der Waals surface area contributed by atoms with Gasteiger partial charge in [-0.1, -0.05) is 18.2 Å². The van der Waals surface area contributed by atoms with E-state index in [0.29, 0.717) is 18.2 Å². The molecule has 0 fully saturated rings. The van der Waals surface area contributed by atoms with E-state index in [9.17, 15) is 0 Å². The number of anilines is 1. The predicted octanol–water partition coefficient (Wildman–Crippen LogP) is 1.44. The van der Waals surface area contributed by atoms with Crippen LogP contribution in [0, 0.1) is 0 Å². The standard InChI is InChI=1S/C13H15N3O2/c14-16-13-6-2-4-11(15-13)9-18-12-5-1-3-10(7-12)8-17/h1-7,17H,8-9,14H2,(H,15,16). The minimum atomic E-state index is 0.00201. The summed E-state index contributed by atoms with van der Waals surface area (Å²) >= 11 is 0. The number of nitrogens with zero attached hydrogens (tertiary/aromatic N) is 1. The molecule has 0 atom stereocenters. The molecule has 5 nitrogen and oxygen atoms in total. The van der Waals surface area contributed by atoms with Gasteiger partial charge in [0.15, 0.2) is 0 Å². The monoisotopic (exact) mass is 245 g/mol. The van der Waals surface area contributed by atoms with Crippen LogP contribution in [0.5, 0.6) is 5.75 Å². The third-order valence-corrected chi connectivity index (χ3v) is 2.42. The summed E-state index contributed by atoms with van der Waals surface area (Å²) < 4.78 is 5.59. The second kappa shape index (κ2) is 6.00. The Balaban J connectivity index is 2.01. The van der Waals surface area contributed by atoms with Crippen LogP contribution >= 0.6 is 0 Å². The zero-order valence-electron chi connectivity index (χ0n) is 9.84. The number of nitrogens with two attached hydrogens (primary N) is 1.